The predicted octanol–water partition coefficient (Wildman–Crippen LogP) is 1.46. The van der Waals surface area contributed by atoms with Crippen LogP contribution in [0.15, 0.2) is 18.2 Å². The van der Waals surface area contributed by atoms with E-state index in [-0.39, 0.29) is 12.5 Å². The number of nitrogens with two attached hydrogens (primary N) is 1. The van der Waals surface area contributed by atoms with E-state index in [9.17, 15) is 4.79 Å². The predicted molar refractivity (Wildman–Crippen MR) is 83.0 cm³/mol. The second-order valence-corrected chi connectivity index (χ2v) is 5.35. The van der Waals surface area contributed by atoms with Gasteiger partial charge in [0.15, 0.2) is 0 Å². The molecule has 0 radical (unpaired) electrons. The van der Waals surface area contributed by atoms with Gasteiger partial charge in [-0.05, 0) is 37.8 Å². The third kappa shape index (κ3) is 4.59. The summed E-state index contributed by atoms with van der Waals surface area (Å²) in [5.41, 5.74) is 7.79. The minimum atomic E-state index is -0.0782. The van der Waals surface area contributed by atoms with Crippen LogP contribution in [0.5, 0.6) is 0 Å². The summed E-state index contributed by atoms with van der Waals surface area (Å²) in [5, 5.41) is 2.99. The van der Waals surface area contributed by atoms with Crippen LogP contribution >= 0.6 is 0 Å². The summed E-state index contributed by atoms with van der Waals surface area (Å²) >= 11 is 0. The molecule has 1 fully saturated rings. The molecule has 1 saturated heterocycles. The maximum Gasteiger partial charge on any atom is 0.252 e. The fraction of sp³-hybridized carbons (Fsp3) is 0.471. The molecule has 0 bridgehead atoms. The molecule has 1 aromatic carbocycles. The van der Waals surface area contributed by atoms with Crippen molar-refractivity contribution < 1.29 is 9.53 Å². The maximum absolute atomic E-state index is 12.4. The summed E-state index contributed by atoms with van der Waals surface area (Å²) in [5.74, 6) is 6.09. The molecule has 3 N–H and O–H groups in total. The van der Waals surface area contributed by atoms with E-state index in [1.807, 2.05) is 25.1 Å². The molecule has 1 heterocycles. The second kappa shape index (κ2) is 7.82. The lowest BCUT2D eigenvalue weighted by Gasteiger charge is -2.22. The largest absolute Gasteiger partial charge is 0.381 e. The zero-order chi connectivity index (χ0) is 15.1. The van der Waals surface area contributed by atoms with Crippen LogP contribution in [-0.4, -0.2) is 32.2 Å². The first-order valence-electron chi connectivity index (χ1n) is 7.36. The first-order chi connectivity index (χ1) is 10.2. The summed E-state index contributed by atoms with van der Waals surface area (Å²) in [6.45, 7) is 4.46. The Morgan fingerprint density at radius 2 is 2.38 bits per heavy atom. The molecule has 1 aromatic rings. The van der Waals surface area contributed by atoms with Crippen molar-refractivity contribution in [1.29, 1.82) is 0 Å². The molecule has 1 amide bonds. The van der Waals surface area contributed by atoms with Crippen LogP contribution in [-0.2, 0) is 4.74 Å². The molecule has 1 unspecified atom stereocenters. The molecule has 4 heteroatoms. The Balaban J connectivity index is 2.04. The Bertz CT molecular complexity index is 552. The Labute approximate surface area is 126 Å². The minimum absolute atomic E-state index is 0.0782. The van der Waals surface area contributed by atoms with Gasteiger partial charge in [-0.2, -0.15) is 0 Å². The number of nitrogens with one attached hydrogen (secondary N) is 1. The van der Waals surface area contributed by atoms with Gasteiger partial charge in [-0.3, -0.25) is 4.79 Å². The Hall–Kier alpha value is -1.83. The van der Waals surface area contributed by atoms with Gasteiger partial charge in [-0.15, -0.1) is 0 Å². The van der Waals surface area contributed by atoms with Crippen LogP contribution in [0.1, 0.15) is 34.3 Å². The highest BCUT2D eigenvalue weighted by Crippen LogP contribution is 2.14. The standard InChI is InChI=1S/C17H22N2O2/c1-13-6-7-15(5-2-8-18)16(10-13)17(20)19-11-14-4-3-9-21-12-14/h6-7,10,14H,3-4,8-9,11-12,18H2,1H3,(H,19,20). The molecular formula is C17H22N2O2. The molecule has 1 aliphatic rings. The highest BCUT2D eigenvalue weighted by molar-refractivity contribution is 5.96. The quantitative estimate of drug-likeness (QED) is 0.827. The van der Waals surface area contributed by atoms with Crippen LogP contribution in [0.3, 0.4) is 0 Å². The number of amides is 1. The fourth-order valence-electron chi connectivity index (χ4n) is 2.40. The number of rotatable bonds is 3. The van der Waals surface area contributed by atoms with Crippen molar-refractivity contribution >= 4 is 5.91 Å². The maximum atomic E-state index is 12.4. The van der Waals surface area contributed by atoms with Crippen LogP contribution in [0.2, 0.25) is 0 Å². The lowest BCUT2D eigenvalue weighted by molar-refractivity contribution is 0.0536. The van der Waals surface area contributed by atoms with Gasteiger partial charge in [-0.25, -0.2) is 0 Å². The molecule has 0 aromatic heterocycles. The number of hydrogen-bond donors (Lipinski definition) is 2. The molecule has 0 spiro atoms. The molecule has 1 aliphatic heterocycles. The van der Waals surface area contributed by atoms with Gasteiger partial charge in [0.05, 0.1) is 18.7 Å². The fourth-order valence-corrected chi connectivity index (χ4v) is 2.40. The van der Waals surface area contributed by atoms with E-state index in [1.54, 1.807) is 0 Å². The van der Waals surface area contributed by atoms with E-state index in [0.717, 1.165) is 37.2 Å². The summed E-state index contributed by atoms with van der Waals surface area (Å²) in [6.07, 6.45) is 2.17. The third-order valence-electron chi connectivity index (χ3n) is 3.55. The van der Waals surface area contributed by atoms with E-state index in [2.05, 4.69) is 17.2 Å². The average molecular weight is 286 g/mol. The van der Waals surface area contributed by atoms with Crippen molar-refractivity contribution in [2.45, 2.75) is 19.8 Å². The van der Waals surface area contributed by atoms with Gasteiger partial charge >= 0.3 is 0 Å². The number of benzene rings is 1. The van der Waals surface area contributed by atoms with E-state index in [4.69, 9.17) is 10.5 Å². The first-order valence-corrected chi connectivity index (χ1v) is 7.36. The number of carbonyl (C=O) groups excluding carboxylic acids is 1. The van der Waals surface area contributed by atoms with Crippen LogP contribution in [0.4, 0.5) is 0 Å². The Morgan fingerprint density at radius 3 is 3.10 bits per heavy atom. The highest BCUT2D eigenvalue weighted by atomic mass is 16.5. The number of ether oxygens (including phenoxy) is 1. The van der Waals surface area contributed by atoms with Crippen molar-refractivity contribution in [3.63, 3.8) is 0 Å². The second-order valence-electron chi connectivity index (χ2n) is 5.35. The topological polar surface area (TPSA) is 64.4 Å². The van der Waals surface area contributed by atoms with Gasteiger partial charge in [-0.1, -0.05) is 23.5 Å². The van der Waals surface area contributed by atoms with Gasteiger partial charge in [0.2, 0.25) is 0 Å². The third-order valence-corrected chi connectivity index (χ3v) is 3.55. The van der Waals surface area contributed by atoms with Crippen LogP contribution < -0.4 is 11.1 Å². The molecule has 0 aliphatic carbocycles. The van der Waals surface area contributed by atoms with Gasteiger partial charge in [0.25, 0.3) is 5.91 Å². The van der Waals surface area contributed by atoms with E-state index in [1.165, 1.54) is 0 Å². The lowest BCUT2D eigenvalue weighted by atomic mass is 10.0. The van der Waals surface area contributed by atoms with Crippen molar-refractivity contribution in [1.82, 2.24) is 5.32 Å². The summed E-state index contributed by atoms with van der Waals surface area (Å²) in [6, 6.07) is 5.69. The molecule has 4 nitrogen and oxygen atoms in total. The monoisotopic (exact) mass is 286 g/mol. The van der Waals surface area contributed by atoms with Crippen molar-refractivity contribution in [2.24, 2.45) is 11.7 Å². The van der Waals surface area contributed by atoms with Crippen molar-refractivity contribution in [3.8, 4) is 11.8 Å². The summed E-state index contributed by atoms with van der Waals surface area (Å²) in [7, 11) is 0. The molecular weight excluding hydrogens is 264 g/mol. The zero-order valence-electron chi connectivity index (χ0n) is 12.4. The zero-order valence-corrected chi connectivity index (χ0v) is 12.4. The first kappa shape index (κ1) is 15.6. The Morgan fingerprint density at radius 1 is 1.52 bits per heavy atom. The number of carbonyl (C=O) groups is 1. The van der Waals surface area contributed by atoms with Crippen LogP contribution in [0.25, 0.3) is 0 Å². The molecule has 2 rings (SSSR count). The molecule has 112 valence electrons. The van der Waals surface area contributed by atoms with Crippen molar-refractivity contribution in [2.75, 3.05) is 26.3 Å². The van der Waals surface area contributed by atoms with E-state index in [0.29, 0.717) is 18.0 Å². The number of hydrogen-bond acceptors (Lipinski definition) is 3. The smallest absolute Gasteiger partial charge is 0.252 e. The molecule has 0 saturated carbocycles. The minimum Gasteiger partial charge on any atom is -0.381 e. The lowest BCUT2D eigenvalue weighted by Crippen LogP contribution is -2.33. The van der Waals surface area contributed by atoms with E-state index < -0.39 is 0 Å². The van der Waals surface area contributed by atoms with Gasteiger partial charge in [0.1, 0.15) is 0 Å². The van der Waals surface area contributed by atoms with Crippen molar-refractivity contribution in [3.05, 3.63) is 34.9 Å². The molecule has 21 heavy (non-hydrogen) atoms. The molecule has 1 atom stereocenters. The number of aryl methyl sites for hydroxylation is 1. The average Bonchev–Trinajstić information content (AvgIpc) is 2.52. The summed E-state index contributed by atoms with van der Waals surface area (Å²) in [4.78, 5) is 12.4. The van der Waals surface area contributed by atoms with Gasteiger partial charge < -0.3 is 15.8 Å². The van der Waals surface area contributed by atoms with Crippen LogP contribution in [0, 0.1) is 24.7 Å². The van der Waals surface area contributed by atoms with Gasteiger partial charge in [0, 0.05) is 18.7 Å². The SMILES string of the molecule is Cc1ccc(C#CCN)c(C(=O)NCC2CCCOC2)c1. The normalized spacial score (nSPS) is 17.7. The Kier molecular flexibility index (Phi) is 5.79. The highest BCUT2D eigenvalue weighted by Gasteiger charge is 2.16. The summed E-state index contributed by atoms with van der Waals surface area (Å²) < 4.78 is 5.43. The van der Waals surface area contributed by atoms with E-state index >= 15 is 0 Å².